The number of phenols is 1. The first-order valence-electron chi connectivity index (χ1n) is 3.82. The van der Waals surface area contributed by atoms with Crippen LogP contribution in [0, 0.1) is 0 Å². The van der Waals surface area contributed by atoms with Gasteiger partial charge in [0.15, 0.2) is 0 Å². The van der Waals surface area contributed by atoms with Crippen LogP contribution in [-0.2, 0) is 4.79 Å². The van der Waals surface area contributed by atoms with Crippen LogP contribution in [0.1, 0.15) is 11.5 Å². The average molecular weight is 202 g/mol. The van der Waals surface area contributed by atoms with E-state index in [-0.39, 0.29) is 11.3 Å². The normalized spacial score (nSPS) is 12.8. The maximum absolute atomic E-state index is 12.3. The molecule has 0 aliphatic rings. The minimum atomic E-state index is -2.99. The van der Waals surface area contributed by atoms with E-state index in [2.05, 4.69) is 0 Å². The Morgan fingerprint density at radius 2 is 2.00 bits per heavy atom. The third kappa shape index (κ3) is 2.18. The number of carboxylic acids is 1. The molecule has 1 atom stereocenters. The highest BCUT2D eigenvalue weighted by Crippen LogP contribution is 2.25. The number of aliphatic carboxylic acids is 1. The summed E-state index contributed by atoms with van der Waals surface area (Å²) in [7, 11) is 0. The zero-order valence-corrected chi connectivity index (χ0v) is 7.02. The van der Waals surface area contributed by atoms with E-state index in [9.17, 15) is 13.6 Å². The average Bonchev–Trinajstić information content (AvgIpc) is 2.02. The number of rotatable bonds is 3. The fourth-order valence-corrected chi connectivity index (χ4v) is 1.11. The lowest BCUT2D eigenvalue weighted by atomic mass is 10.00. The third-order valence-corrected chi connectivity index (χ3v) is 1.75. The van der Waals surface area contributed by atoms with E-state index < -0.39 is 18.3 Å². The summed E-state index contributed by atoms with van der Waals surface area (Å²) in [5.74, 6) is -3.72. The first kappa shape index (κ1) is 10.4. The van der Waals surface area contributed by atoms with Crippen molar-refractivity contribution < 1.29 is 23.8 Å². The van der Waals surface area contributed by atoms with Gasteiger partial charge in [0.1, 0.15) is 11.7 Å². The summed E-state index contributed by atoms with van der Waals surface area (Å²) in [5.41, 5.74) is -0.104. The topological polar surface area (TPSA) is 57.5 Å². The van der Waals surface area contributed by atoms with Crippen LogP contribution < -0.4 is 0 Å². The minimum absolute atomic E-state index is 0.104. The van der Waals surface area contributed by atoms with Gasteiger partial charge in [-0.3, -0.25) is 4.79 Å². The largest absolute Gasteiger partial charge is 0.508 e. The number of benzene rings is 1. The van der Waals surface area contributed by atoms with Crippen molar-refractivity contribution in [2.24, 2.45) is 0 Å². The molecule has 0 radical (unpaired) electrons. The smallest absolute Gasteiger partial charge is 0.316 e. The molecule has 3 nitrogen and oxygen atoms in total. The summed E-state index contributed by atoms with van der Waals surface area (Å²) in [6.45, 7) is 0. The molecule has 0 spiro atoms. The first-order chi connectivity index (χ1) is 6.52. The molecule has 2 N–H and O–H groups in total. The molecule has 1 unspecified atom stereocenters. The molecular formula is C9H8F2O3. The summed E-state index contributed by atoms with van der Waals surface area (Å²) in [6.07, 6.45) is -2.99. The standard InChI is InChI=1S/C9H8F2O3/c10-8(11)7(9(13)14)5-2-1-3-6(12)4-5/h1-4,7-8,12H,(H,13,14). The van der Waals surface area contributed by atoms with Crippen LogP contribution in [0.25, 0.3) is 0 Å². The zero-order chi connectivity index (χ0) is 10.7. The Balaban J connectivity index is 3.05. The van der Waals surface area contributed by atoms with E-state index in [1.807, 2.05) is 0 Å². The number of aromatic hydroxyl groups is 1. The summed E-state index contributed by atoms with van der Waals surface area (Å²) in [4.78, 5) is 10.5. The fraction of sp³-hybridized carbons (Fsp3) is 0.222. The van der Waals surface area contributed by atoms with E-state index in [4.69, 9.17) is 10.2 Å². The Labute approximate surface area is 78.6 Å². The van der Waals surface area contributed by atoms with Crippen LogP contribution in [-0.4, -0.2) is 22.6 Å². The summed E-state index contributed by atoms with van der Waals surface area (Å²) >= 11 is 0. The van der Waals surface area contributed by atoms with Gasteiger partial charge < -0.3 is 10.2 Å². The SMILES string of the molecule is O=C(O)C(c1cccc(O)c1)C(F)F. The van der Waals surface area contributed by atoms with Gasteiger partial charge in [-0.15, -0.1) is 0 Å². The Morgan fingerprint density at radius 3 is 2.43 bits per heavy atom. The maximum atomic E-state index is 12.3. The van der Waals surface area contributed by atoms with E-state index in [1.54, 1.807) is 0 Å². The molecule has 1 rings (SSSR count). The second kappa shape index (κ2) is 4.04. The van der Waals surface area contributed by atoms with Crippen LogP contribution in [0.2, 0.25) is 0 Å². The summed E-state index contributed by atoms with van der Waals surface area (Å²) < 4.78 is 24.6. The molecule has 1 aromatic carbocycles. The highest BCUT2D eigenvalue weighted by molar-refractivity contribution is 5.76. The molecule has 1 aromatic rings. The summed E-state index contributed by atoms with van der Waals surface area (Å²) in [6, 6.07) is 4.87. The van der Waals surface area contributed by atoms with Gasteiger partial charge in [-0.2, -0.15) is 0 Å². The molecule has 0 heterocycles. The molecule has 5 heteroatoms. The van der Waals surface area contributed by atoms with E-state index in [0.717, 1.165) is 6.07 Å². The maximum Gasteiger partial charge on any atom is 0.316 e. The van der Waals surface area contributed by atoms with Gasteiger partial charge in [0.2, 0.25) is 0 Å². The Kier molecular flexibility index (Phi) is 3.01. The van der Waals surface area contributed by atoms with Crippen LogP contribution in [0.5, 0.6) is 5.75 Å². The highest BCUT2D eigenvalue weighted by atomic mass is 19.3. The second-order valence-corrected chi connectivity index (χ2v) is 2.75. The molecule has 0 bridgehead atoms. The predicted octanol–water partition coefficient (Wildman–Crippen LogP) is 1.83. The fourth-order valence-electron chi connectivity index (χ4n) is 1.11. The van der Waals surface area contributed by atoms with Crippen molar-refractivity contribution in [3.63, 3.8) is 0 Å². The van der Waals surface area contributed by atoms with Gasteiger partial charge in [0.05, 0.1) is 0 Å². The monoisotopic (exact) mass is 202 g/mol. The van der Waals surface area contributed by atoms with Gasteiger partial charge in [0, 0.05) is 0 Å². The lowest BCUT2D eigenvalue weighted by Gasteiger charge is -2.11. The van der Waals surface area contributed by atoms with Gasteiger partial charge in [0.25, 0.3) is 6.43 Å². The lowest BCUT2D eigenvalue weighted by Crippen LogP contribution is -2.19. The molecule has 0 aliphatic heterocycles. The van der Waals surface area contributed by atoms with E-state index in [0.29, 0.717) is 0 Å². The van der Waals surface area contributed by atoms with Crippen LogP contribution in [0.15, 0.2) is 24.3 Å². The Morgan fingerprint density at radius 1 is 1.36 bits per heavy atom. The first-order valence-corrected chi connectivity index (χ1v) is 3.82. The van der Waals surface area contributed by atoms with Gasteiger partial charge in [-0.1, -0.05) is 12.1 Å². The number of alkyl halides is 2. The quantitative estimate of drug-likeness (QED) is 0.786. The number of hydrogen-bond donors (Lipinski definition) is 2. The number of hydrogen-bond acceptors (Lipinski definition) is 2. The second-order valence-electron chi connectivity index (χ2n) is 2.75. The molecule has 0 saturated heterocycles. The van der Waals surface area contributed by atoms with E-state index >= 15 is 0 Å². The molecule has 14 heavy (non-hydrogen) atoms. The van der Waals surface area contributed by atoms with Crippen LogP contribution in [0.4, 0.5) is 8.78 Å². The van der Waals surface area contributed by atoms with Crippen molar-refractivity contribution in [3.05, 3.63) is 29.8 Å². The van der Waals surface area contributed by atoms with Crippen molar-refractivity contribution in [1.29, 1.82) is 0 Å². The van der Waals surface area contributed by atoms with Crippen molar-refractivity contribution in [2.75, 3.05) is 0 Å². The number of carbonyl (C=O) groups is 1. The van der Waals surface area contributed by atoms with Crippen LogP contribution >= 0.6 is 0 Å². The Hall–Kier alpha value is -1.65. The molecule has 0 aliphatic carbocycles. The lowest BCUT2D eigenvalue weighted by molar-refractivity contribution is -0.142. The van der Waals surface area contributed by atoms with Crippen molar-refractivity contribution >= 4 is 5.97 Å². The minimum Gasteiger partial charge on any atom is -0.508 e. The molecule has 0 saturated carbocycles. The molecule has 0 fully saturated rings. The third-order valence-electron chi connectivity index (χ3n) is 1.75. The zero-order valence-electron chi connectivity index (χ0n) is 7.02. The summed E-state index contributed by atoms with van der Waals surface area (Å²) in [5, 5.41) is 17.5. The molecular weight excluding hydrogens is 194 g/mol. The van der Waals surface area contributed by atoms with Gasteiger partial charge >= 0.3 is 5.97 Å². The number of carboxylic acid groups (broad SMARTS) is 1. The van der Waals surface area contributed by atoms with E-state index in [1.165, 1.54) is 18.2 Å². The van der Waals surface area contributed by atoms with Crippen molar-refractivity contribution in [1.82, 2.24) is 0 Å². The molecule has 76 valence electrons. The molecule has 0 amide bonds. The Bertz CT molecular complexity index is 339. The van der Waals surface area contributed by atoms with Gasteiger partial charge in [-0.05, 0) is 17.7 Å². The predicted molar refractivity (Wildman–Crippen MR) is 44.5 cm³/mol. The number of phenolic OH excluding ortho intramolecular Hbond substituents is 1. The number of halogens is 2. The highest BCUT2D eigenvalue weighted by Gasteiger charge is 2.29. The van der Waals surface area contributed by atoms with Crippen LogP contribution in [0.3, 0.4) is 0 Å². The van der Waals surface area contributed by atoms with Crippen molar-refractivity contribution in [3.8, 4) is 5.75 Å². The van der Waals surface area contributed by atoms with Crippen molar-refractivity contribution in [2.45, 2.75) is 12.3 Å². The van der Waals surface area contributed by atoms with Gasteiger partial charge in [-0.25, -0.2) is 8.78 Å². The molecule has 0 aromatic heterocycles.